The summed E-state index contributed by atoms with van der Waals surface area (Å²) >= 11 is 0. The van der Waals surface area contributed by atoms with Gasteiger partial charge < -0.3 is 10.2 Å². The van der Waals surface area contributed by atoms with Gasteiger partial charge >= 0.3 is 6.03 Å². The van der Waals surface area contributed by atoms with Crippen molar-refractivity contribution in [3.8, 4) is 0 Å². The minimum absolute atomic E-state index is 0.0325. The molecule has 2 aliphatic heterocycles. The van der Waals surface area contributed by atoms with Crippen molar-refractivity contribution in [3.63, 3.8) is 0 Å². The summed E-state index contributed by atoms with van der Waals surface area (Å²) in [5, 5.41) is 3.12. The summed E-state index contributed by atoms with van der Waals surface area (Å²) in [5.74, 6) is 0. The number of piperazine rings is 1. The zero-order valence-corrected chi connectivity index (χ0v) is 15.8. The van der Waals surface area contributed by atoms with E-state index in [0.717, 1.165) is 57.8 Å². The zero-order chi connectivity index (χ0) is 18.5. The molecule has 5 nitrogen and oxygen atoms in total. The van der Waals surface area contributed by atoms with Crippen molar-refractivity contribution in [2.75, 3.05) is 55.6 Å². The highest BCUT2D eigenvalue weighted by atomic mass is 16.2. The Labute approximate surface area is 161 Å². The molecule has 2 amide bonds. The molecule has 0 atom stereocenters. The zero-order valence-electron chi connectivity index (χ0n) is 15.8. The smallest absolute Gasteiger partial charge is 0.321 e. The maximum atomic E-state index is 12.6. The first-order valence-corrected chi connectivity index (χ1v) is 9.97. The lowest BCUT2D eigenvalue weighted by Gasteiger charge is -2.36. The second-order valence-corrected chi connectivity index (χ2v) is 7.28. The highest BCUT2D eigenvalue weighted by molar-refractivity contribution is 5.93. The third-order valence-electron chi connectivity index (χ3n) is 5.55. The quantitative estimate of drug-likeness (QED) is 0.907. The Morgan fingerprint density at radius 2 is 1.63 bits per heavy atom. The van der Waals surface area contributed by atoms with Gasteiger partial charge in [-0.1, -0.05) is 36.4 Å². The van der Waals surface area contributed by atoms with E-state index in [0.29, 0.717) is 6.54 Å². The number of amides is 2. The molecule has 1 N–H and O–H groups in total. The first-order valence-electron chi connectivity index (χ1n) is 9.97. The second-order valence-electron chi connectivity index (χ2n) is 7.28. The van der Waals surface area contributed by atoms with Crippen molar-refractivity contribution in [1.82, 2.24) is 10.2 Å². The molecule has 142 valence electrons. The van der Waals surface area contributed by atoms with Crippen molar-refractivity contribution >= 4 is 17.4 Å². The highest BCUT2D eigenvalue weighted by Gasteiger charge is 2.22. The number of carbonyl (C=O) groups is 1. The molecule has 0 saturated carbocycles. The van der Waals surface area contributed by atoms with E-state index in [1.54, 1.807) is 0 Å². The Hall–Kier alpha value is -2.53. The number of fused-ring (bicyclic) bond motifs is 1. The monoisotopic (exact) mass is 364 g/mol. The van der Waals surface area contributed by atoms with Gasteiger partial charge in [0.05, 0.1) is 0 Å². The Balaban J connectivity index is 1.22. The summed E-state index contributed by atoms with van der Waals surface area (Å²) in [4.78, 5) is 19.4. The van der Waals surface area contributed by atoms with Crippen LogP contribution in [0.15, 0.2) is 54.6 Å². The lowest BCUT2D eigenvalue weighted by atomic mass is 10.0. The predicted molar refractivity (Wildman–Crippen MR) is 111 cm³/mol. The van der Waals surface area contributed by atoms with Gasteiger partial charge in [0.2, 0.25) is 0 Å². The fourth-order valence-electron chi connectivity index (χ4n) is 4.03. The molecular weight excluding hydrogens is 336 g/mol. The van der Waals surface area contributed by atoms with E-state index in [1.807, 2.05) is 11.0 Å². The molecular formula is C22H28N4O. The van der Waals surface area contributed by atoms with Crippen LogP contribution in [-0.2, 0) is 6.42 Å². The summed E-state index contributed by atoms with van der Waals surface area (Å²) in [6, 6.07) is 18.9. The molecule has 0 radical (unpaired) electrons. The molecule has 27 heavy (non-hydrogen) atoms. The normalized spacial score (nSPS) is 17.5. The third-order valence-corrected chi connectivity index (χ3v) is 5.55. The third kappa shape index (κ3) is 4.25. The van der Waals surface area contributed by atoms with E-state index < -0.39 is 0 Å². The number of para-hydroxylation sites is 2. The number of rotatable bonds is 4. The number of urea groups is 1. The van der Waals surface area contributed by atoms with Crippen molar-refractivity contribution in [3.05, 3.63) is 60.2 Å². The number of nitrogens with one attached hydrogen (secondary N) is 1. The van der Waals surface area contributed by atoms with Crippen LogP contribution in [0.25, 0.3) is 0 Å². The topological polar surface area (TPSA) is 38.8 Å². The van der Waals surface area contributed by atoms with E-state index in [9.17, 15) is 4.79 Å². The number of nitrogens with zero attached hydrogens (tertiary/aromatic N) is 3. The number of benzene rings is 2. The average molecular weight is 364 g/mol. The number of anilines is 2. The Kier molecular flexibility index (Phi) is 5.58. The van der Waals surface area contributed by atoms with Crippen LogP contribution in [0.4, 0.5) is 16.2 Å². The minimum Gasteiger partial charge on any atom is -0.369 e. The van der Waals surface area contributed by atoms with E-state index in [1.165, 1.54) is 11.3 Å². The Morgan fingerprint density at radius 1 is 0.889 bits per heavy atom. The average Bonchev–Trinajstić information content (AvgIpc) is 2.74. The van der Waals surface area contributed by atoms with Gasteiger partial charge in [-0.15, -0.1) is 0 Å². The van der Waals surface area contributed by atoms with Crippen molar-refractivity contribution in [2.24, 2.45) is 0 Å². The molecule has 0 spiro atoms. The van der Waals surface area contributed by atoms with E-state index in [-0.39, 0.29) is 6.03 Å². The van der Waals surface area contributed by atoms with Crippen LogP contribution in [0, 0.1) is 0 Å². The van der Waals surface area contributed by atoms with Crippen LogP contribution in [0.2, 0.25) is 0 Å². The van der Waals surface area contributed by atoms with Crippen LogP contribution < -0.4 is 15.1 Å². The summed E-state index contributed by atoms with van der Waals surface area (Å²) in [7, 11) is 0. The van der Waals surface area contributed by atoms with Gasteiger partial charge in [0.1, 0.15) is 0 Å². The predicted octanol–water partition coefficient (Wildman–Crippen LogP) is 2.97. The molecule has 2 heterocycles. The SMILES string of the molecule is O=C(NCCN1CCN(c2ccccc2)CC1)N1CCCc2ccccc21. The Bertz CT molecular complexity index is 756. The number of aryl methyl sites for hydroxylation is 1. The molecule has 0 aliphatic carbocycles. The molecule has 5 heteroatoms. The maximum absolute atomic E-state index is 12.6. The van der Waals surface area contributed by atoms with E-state index >= 15 is 0 Å². The molecule has 2 aliphatic rings. The van der Waals surface area contributed by atoms with Gasteiger partial charge in [0.15, 0.2) is 0 Å². The molecule has 1 saturated heterocycles. The molecule has 2 aromatic rings. The molecule has 4 rings (SSSR count). The van der Waals surface area contributed by atoms with Crippen LogP contribution >= 0.6 is 0 Å². The van der Waals surface area contributed by atoms with Crippen molar-refractivity contribution in [1.29, 1.82) is 0 Å². The number of hydrogen-bond donors (Lipinski definition) is 1. The highest BCUT2D eigenvalue weighted by Crippen LogP contribution is 2.26. The van der Waals surface area contributed by atoms with Gasteiger partial charge in [0.25, 0.3) is 0 Å². The molecule has 0 bridgehead atoms. The van der Waals surface area contributed by atoms with Crippen LogP contribution in [-0.4, -0.2) is 56.7 Å². The number of hydrogen-bond acceptors (Lipinski definition) is 3. The van der Waals surface area contributed by atoms with Crippen molar-refractivity contribution < 1.29 is 4.79 Å². The summed E-state index contributed by atoms with van der Waals surface area (Å²) in [6.07, 6.45) is 2.09. The Morgan fingerprint density at radius 3 is 2.44 bits per heavy atom. The lowest BCUT2D eigenvalue weighted by molar-refractivity contribution is 0.236. The van der Waals surface area contributed by atoms with Crippen LogP contribution in [0.5, 0.6) is 0 Å². The van der Waals surface area contributed by atoms with Crippen LogP contribution in [0.1, 0.15) is 12.0 Å². The molecule has 2 aromatic carbocycles. The minimum atomic E-state index is 0.0325. The summed E-state index contributed by atoms with van der Waals surface area (Å²) in [5.41, 5.74) is 3.64. The van der Waals surface area contributed by atoms with E-state index in [4.69, 9.17) is 0 Å². The van der Waals surface area contributed by atoms with Gasteiger partial charge in [-0.25, -0.2) is 4.79 Å². The first kappa shape index (κ1) is 17.9. The van der Waals surface area contributed by atoms with Gasteiger partial charge in [-0.05, 0) is 36.6 Å². The summed E-state index contributed by atoms with van der Waals surface area (Å²) < 4.78 is 0. The fraction of sp³-hybridized carbons (Fsp3) is 0.409. The maximum Gasteiger partial charge on any atom is 0.321 e. The largest absolute Gasteiger partial charge is 0.369 e. The van der Waals surface area contributed by atoms with Gasteiger partial charge in [-0.2, -0.15) is 0 Å². The second kappa shape index (κ2) is 8.44. The molecule has 0 unspecified atom stereocenters. The lowest BCUT2D eigenvalue weighted by Crippen LogP contribution is -2.50. The van der Waals surface area contributed by atoms with Gasteiger partial charge in [-0.3, -0.25) is 9.80 Å². The van der Waals surface area contributed by atoms with Crippen LogP contribution in [0.3, 0.4) is 0 Å². The van der Waals surface area contributed by atoms with E-state index in [2.05, 4.69) is 63.6 Å². The molecule has 1 fully saturated rings. The fourth-order valence-corrected chi connectivity index (χ4v) is 4.03. The van der Waals surface area contributed by atoms with Crippen molar-refractivity contribution in [2.45, 2.75) is 12.8 Å². The first-order chi connectivity index (χ1) is 13.3. The van der Waals surface area contributed by atoms with Gasteiger partial charge in [0, 0.05) is 57.2 Å². The number of carbonyl (C=O) groups excluding carboxylic acids is 1. The standard InChI is InChI=1S/C22H28N4O/c27-22(26-13-6-8-19-7-4-5-11-21(19)26)23-12-14-24-15-17-25(18-16-24)20-9-2-1-3-10-20/h1-5,7,9-11H,6,8,12-18H2,(H,23,27). The summed E-state index contributed by atoms with van der Waals surface area (Å²) in [6.45, 7) is 6.56. The molecule has 0 aromatic heterocycles.